The summed E-state index contributed by atoms with van der Waals surface area (Å²) in [5.74, 6) is -1.45. The fourth-order valence-electron chi connectivity index (χ4n) is 1.21. The molecule has 0 atom stereocenters. The smallest absolute Gasteiger partial charge is 0.328 e. The second kappa shape index (κ2) is 5.07. The van der Waals surface area contributed by atoms with Crippen LogP contribution >= 0.6 is 15.9 Å². The minimum absolute atomic E-state index is 0.322. The highest BCUT2D eigenvalue weighted by atomic mass is 79.9. The molecule has 0 unspecified atom stereocenters. The summed E-state index contributed by atoms with van der Waals surface area (Å²) in [6.45, 7) is 3.85. The summed E-state index contributed by atoms with van der Waals surface area (Å²) in [5.41, 5.74) is 2.54. The van der Waals surface area contributed by atoms with E-state index in [2.05, 4.69) is 15.9 Å². The van der Waals surface area contributed by atoms with E-state index in [4.69, 9.17) is 5.11 Å². The highest BCUT2D eigenvalue weighted by molar-refractivity contribution is 9.10. The van der Waals surface area contributed by atoms with Crippen molar-refractivity contribution in [2.24, 2.45) is 0 Å². The van der Waals surface area contributed by atoms with Crippen molar-refractivity contribution >= 4 is 27.7 Å². The van der Waals surface area contributed by atoms with Gasteiger partial charge in [0.15, 0.2) is 5.78 Å². The molecular weight excluding hydrogens is 272 g/mol. The summed E-state index contributed by atoms with van der Waals surface area (Å²) in [4.78, 5) is 21.9. The Morgan fingerprint density at radius 2 is 1.75 bits per heavy atom. The first kappa shape index (κ1) is 12.6. The fourth-order valence-corrected chi connectivity index (χ4v) is 1.86. The Morgan fingerprint density at radius 1 is 1.19 bits per heavy atom. The molecule has 16 heavy (non-hydrogen) atoms. The number of carbonyl (C=O) groups is 2. The average Bonchev–Trinajstić information content (AvgIpc) is 2.20. The summed E-state index contributed by atoms with van der Waals surface area (Å²) in [6, 6.07) is 3.59. The second-order valence-corrected chi connectivity index (χ2v) is 4.31. The quantitative estimate of drug-likeness (QED) is 0.685. The maximum Gasteiger partial charge on any atom is 0.328 e. The molecule has 0 aliphatic heterocycles. The van der Waals surface area contributed by atoms with Gasteiger partial charge in [-0.05, 0) is 43.2 Å². The first-order chi connectivity index (χ1) is 7.41. The van der Waals surface area contributed by atoms with Crippen LogP contribution in [0.1, 0.15) is 21.5 Å². The van der Waals surface area contributed by atoms with E-state index < -0.39 is 5.97 Å². The molecule has 84 valence electrons. The van der Waals surface area contributed by atoms with E-state index in [1.807, 2.05) is 19.9 Å². The van der Waals surface area contributed by atoms with Gasteiger partial charge in [-0.15, -0.1) is 0 Å². The predicted octanol–water partition coefficient (Wildman–Crippen LogP) is 2.89. The zero-order chi connectivity index (χ0) is 12.3. The SMILES string of the molecule is Cc1cc(Br)c(C(=O)/C=C/C(=O)O)cc1C. The first-order valence-electron chi connectivity index (χ1n) is 4.64. The number of aryl methyl sites for hydroxylation is 2. The number of carbonyl (C=O) groups excluding carboxylic acids is 1. The average molecular weight is 283 g/mol. The third-order valence-electron chi connectivity index (χ3n) is 2.23. The Kier molecular flexibility index (Phi) is 4.01. The molecule has 0 spiro atoms. The van der Waals surface area contributed by atoms with Gasteiger partial charge in [-0.1, -0.05) is 15.9 Å². The molecule has 0 heterocycles. The number of hydrogen-bond acceptors (Lipinski definition) is 2. The fraction of sp³-hybridized carbons (Fsp3) is 0.167. The molecule has 3 nitrogen and oxygen atoms in total. The Morgan fingerprint density at radius 3 is 2.31 bits per heavy atom. The molecule has 0 saturated carbocycles. The lowest BCUT2D eigenvalue weighted by atomic mass is 10.0. The lowest BCUT2D eigenvalue weighted by Gasteiger charge is -2.05. The molecule has 1 rings (SSSR count). The Balaban J connectivity index is 3.09. The number of allylic oxidation sites excluding steroid dienone is 1. The van der Waals surface area contributed by atoms with Crippen LogP contribution in [0.4, 0.5) is 0 Å². The molecule has 0 saturated heterocycles. The van der Waals surface area contributed by atoms with Gasteiger partial charge in [0.25, 0.3) is 0 Å². The van der Waals surface area contributed by atoms with Gasteiger partial charge in [-0.25, -0.2) is 4.79 Å². The number of carboxylic acids is 1. The van der Waals surface area contributed by atoms with Gasteiger partial charge >= 0.3 is 5.97 Å². The van der Waals surface area contributed by atoms with Crippen LogP contribution in [0.15, 0.2) is 28.8 Å². The summed E-state index contributed by atoms with van der Waals surface area (Å²) in [6.07, 6.45) is 1.89. The molecule has 0 bridgehead atoms. The predicted molar refractivity (Wildman–Crippen MR) is 64.7 cm³/mol. The van der Waals surface area contributed by atoms with Crippen LogP contribution in [0.2, 0.25) is 0 Å². The normalized spacial score (nSPS) is 10.7. The van der Waals surface area contributed by atoms with Crippen molar-refractivity contribution < 1.29 is 14.7 Å². The van der Waals surface area contributed by atoms with Crippen molar-refractivity contribution in [1.29, 1.82) is 0 Å². The maximum atomic E-state index is 11.7. The Bertz CT molecular complexity index is 475. The van der Waals surface area contributed by atoms with Crippen molar-refractivity contribution in [1.82, 2.24) is 0 Å². The molecule has 0 fully saturated rings. The molecule has 1 N–H and O–H groups in total. The van der Waals surface area contributed by atoms with Crippen molar-refractivity contribution in [2.75, 3.05) is 0 Å². The van der Waals surface area contributed by atoms with Crippen molar-refractivity contribution in [3.05, 3.63) is 45.4 Å². The van der Waals surface area contributed by atoms with Crippen LogP contribution in [0.25, 0.3) is 0 Å². The number of halogens is 1. The lowest BCUT2D eigenvalue weighted by molar-refractivity contribution is -0.131. The highest BCUT2D eigenvalue weighted by Crippen LogP contribution is 2.22. The Hall–Kier alpha value is -1.42. The number of ketones is 1. The number of rotatable bonds is 3. The minimum Gasteiger partial charge on any atom is -0.478 e. The van der Waals surface area contributed by atoms with Gasteiger partial charge in [0.05, 0.1) is 0 Å². The summed E-state index contributed by atoms with van der Waals surface area (Å²) < 4.78 is 0.677. The third-order valence-corrected chi connectivity index (χ3v) is 2.88. The lowest BCUT2D eigenvalue weighted by Crippen LogP contribution is -1.99. The molecule has 0 radical (unpaired) electrons. The maximum absolute atomic E-state index is 11.7. The molecule has 0 amide bonds. The summed E-state index contributed by atoms with van der Waals surface area (Å²) >= 11 is 3.29. The standard InChI is InChI=1S/C12H11BrO3/c1-7-5-9(10(13)6-8(7)2)11(14)3-4-12(15)16/h3-6H,1-2H3,(H,15,16)/b4-3+. The van der Waals surface area contributed by atoms with E-state index in [1.54, 1.807) is 6.07 Å². The van der Waals surface area contributed by atoms with Gasteiger partial charge < -0.3 is 5.11 Å². The number of aliphatic carboxylic acids is 1. The van der Waals surface area contributed by atoms with Gasteiger partial charge in [0, 0.05) is 16.1 Å². The Labute approximate surface area is 102 Å². The van der Waals surface area contributed by atoms with Crippen LogP contribution < -0.4 is 0 Å². The molecule has 1 aromatic carbocycles. The summed E-state index contributed by atoms with van der Waals surface area (Å²) in [5, 5.41) is 8.43. The molecule has 0 aromatic heterocycles. The van der Waals surface area contributed by atoms with Gasteiger partial charge in [-0.3, -0.25) is 4.79 Å². The van der Waals surface area contributed by atoms with E-state index in [-0.39, 0.29) is 5.78 Å². The van der Waals surface area contributed by atoms with Crippen LogP contribution in [0.5, 0.6) is 0 Å². The number of benzene rings is 1. The zero-order valence-electron chi connectivity index (χ0n) is 8.95. The van der Waals surface area contributed by atoms with E-state index in [1.165, 1.54) is 0 Å². The molecule has 4 heteroatoms. The largest absolute Gasteiger partial charge is 0.478 e. The molecule has 0 aliphatic carbocycles. The highest BCUT2D eigenvalue weighted by Gasteiger charge is 2.09. The zero-order valence-corrected chi connectivity index (χ0v) is 10.5. The van der Waals surface area contributed by atoms with Crippen LogP contribution in [-0.2, 0) is 4.79 Å². The molecular formula is C12H11BrO3. The minimum atomic E-state index is -1.13. The second-order valence-electron chi connectivity index (χ2n) is 3.45. The molecule has 0 aliphatic rings. The van der Waals surface area contributed by atoms with Crippen LogP contribution in [0.3, 0.4) is 0 Å². The van der Waals surface area contributed by atoms with E-state index in [9.17, 15) is 9.59 Å². The van der Waals surface area contributed by atoms with E-state index in [0.29, 0.717) is 10.0 Å². The van der Waals surface area contributed by atoms with Crippen molar-refractivity contribution in [3.63, 3.8) is 0 Å². The van der Waals surface area contributed by atoms with Crippen LogP contribution in [-0.4, -0.2) is 16.9 Å². The first-order valence-corrected chi connectivity index (χ1v) is 5.43. The van der Waals surface area contributed by atoms with E-state index >= 15 is 0 Å². The van der Waals surface area contributed by atoms with E-state index in [0.717, 1.165) is 23.3 Å². The van der Waals surface area contributed by atoms with Gasteiger partial charge in [0.2, 0.25) is 0 Å². The van der Waals surface area contributed by atoms with Crippen molar-refractivity contribution in [3.8, 4) is 0 Å². The third kappa shape index (κ3) is 3.03. The molecule has 1 aromatic rings. The topological polar surface area (TPSA) is 54.4 Å². The van der Waals surface area contributed by atoms with Crippen molar-refractivity contribution in [2.45, 2.75) is 13.8 Å². The van der Waals surface area contributed by atoms with Gasteiger partial charge in [0.1, 0.15) is 0 Å². The number of carboxylic acid groups (broad SMARTS) is 1. The van der Waals surface area contributed by atoms with Crippen LogP contribution in [0, 0.1) is 13.8 Å². The monoisotopic (exact) mass is 282 g/mol. The van der Waals surface area contributed by atoms with Gasteiger partial charge in [-0.2, -0.15) is 0 Å². The summed E-state index contributed by atoms with van der Waals surface area (Å²) in [7, 11) is 0. The number of hydrogen-bond donors (Lipinski definition) is 1.